The molecule has 1 aliphatic rings. The van der Waals surface area contributed by atoms with Crippen LogP contribution >= 0.6 is 0 Å². The SMILES string of the molecule is COc1ccc2c(c1)CCN(c1ccccc1)C2C(C)(C)C. The lowest BCUT2D eigenvalue weighted by molar-refractivity contribution is 0.298. The number of rotatable bonds is 2. The summed E-state index contributed by atoms with van der Waals surface area (Å²) in [6.45, 7) is 8.03. The molecule has 22 heavy (non-hydrogen) atoms. The fourth-order valence-corrected chi connectivity index (χ4v) is 3.56. The number of hydrogen-bond acceptors (Lipinski definition) is 2. The van der Waals surface area contributed by atoms with Crippen LogP contribution < -0.4 is 9.64 Å². The summed E-state index contributed by atoms with van der Waals surface area (Å²) in [5.41, 5.74) is 4.33. The van der Waals surface area contributed by atoms with Gasteiger partial charge in [-0.15, -0.1) is 0 Å². The van der Waals surface area contributed by atoms with E-state index in [1.165, 1.54) is 16.8 Å². The summed E-state index contributed by atoms with van der Waals surface area (Å²) in [6, 6.07) is 17.7. The average molecular weight is 295 g/mol. The molecular formula is C20H25NO. The van der Waals surface area contributed by atoms with Crippen molar-refractivity contribution >= 4 is 5.69 Å². The minimum atomic E-state index is 0.166. The molecule has 2 aromatic rings. The van der Waals surface area contributed by atoms with Gasteiger partial charge in [0, 0.05) is 12.2 Å². The Hall–Kier alpha value is -1.96. The first kappa shape index (κ1) is 15.0. The molecule has 0 radical (unpaired) electrons. The number of methoxy groups -OCH3 is 1. The molecule has 1 unspecified atom stereocenters. The minimum absolute atomic E-state index is 0.166. The fourth-order valence-electron chi connectivity index (χ4n) is 3.56. The Morgan fingerprint density at radius 3 is 2.41 bits per heavy atom. The van der Waals surface area contributed by atoms with Crippen LogP contribution in [0.1, 0.15) is 37.9 Å². The quantitative estimate of drug-likeness (QED) is 0.785. The molecule has 1 aliphatic heterocycles. The van der Waals surface area contributed by atoms with Crippen molar-refractivity contribution in [1.29, 1.82) is 0 Å². The van der Waals surface area contributed by atoms with Gasteiger partial charge in [0.2, 0.25) is 0 Å². The van der Waals surface area contributed by atoms with Gasteiger partial charge in [-0.2, -0.15) is 0 Å². The third-order valence-corrected chi connectivity index (χ3v) is 4.49. The van der Waals surface area contributed by atoms with E-state index >= 15 is 0 Å². The van der Waals surface area contributed by atoms with Crippen LogP contribution in [0.2, 0.25) is 0 Å². The Bertz CT molecular complexity index is 643. The van der Waals surface area contributed by atoms with Crippen LogP contribution in [-0.4, -0.2) is 13.7 Å². The van der Waals surface area contributed by atoms with Crippen LogP contribution in [0.25, 0.3) is 0 Å². The monoisotopic (exact) mass is 295 g/mol. The van der Waals surface area contributed by atoms with Crippen LogP contribution in [0.5, 0.6) is 5.75 Å². The maximum absolute atomic E-state index is 5.40. The molecule has 2 aromatic carbocycles. The lowest BCUT2D eigenvalue weighted by Gasteiger charge is -2.46. The van der Waals surface area contributed by atoms with E-state index in [0.717, 1.165) is 18.7 Å². The summed E-state index contributed by atoms with van der Waals surface area (Å²) in [5, 5.41) is 0. The number of fused-ring (bicyclic) bond motifs is 1. The summed E-state index contributed by atoms with van der Waals surface area (Å²) < 4.78 is 5.40. The second-order valence-corrected chi connectivity index (χ2v) is 7.11. The van der Waals surface area contributed by atoms with Gasteiger partial charge < -0.3 is 9.64 Å². The summed E-state index contributed by atoms with van der Waals surface area (Å²) in [7, 11) is 1.74. The van der Waals surface area contributed by atoms with Crippen molar-refractivity contribution in [2.75, 3.05) is 18.6 Å². The Morgan fingerprint density at radius 1 is 1.05 bits per heavy atom. The van der Waals surface area contributed by atoms with Gasteiger partial charge >= 0.3 is 0 Å². The maximum atomic E-state index is 5.40. The number of ether oxygens (including phenoxy) is 1. The van der Waals surface area contributed by atoms with Crippen LogP contribution in [0.3, 0.4) is 0 Å². The third-order valence-electron chi connectivity index (χ3n) is 4.49. The molecule has 0 saturated carbocycles. The largest absolute Gasteiger partial charge is 0.497 e. The first-order valence-electron chi connectivity index (χ1n) is 7.99. The number of nitrogens with zero attached hydrogens (tertiary/aromatic N) is 1. The smallest absolute Gasteiger partial charge is 0.119 e. The lowest BCUT2D eigenvalue weighted by atomic mass is 9.77. The molecule has 1 heterocycles. The molecule has 116 valence electrons. The van der Waals surface area contributed by atoms with E-state index < -0.39 is 0 Å². The molecule has 2 heteroatoms. The highest BCUT2D eigenvalue weighted by Crippen LogP contribution is 2.44. The van der Waals surface area contributed by atoms with Crippen LogP contribution in [0.4, 0.5) is 5.69 Å². The predicted molar refractivity (Wildman–Crippen MR) is 92.7 cm³/mol. The topological polar surface area (TPSA) is 12.5 Å². The van der Waals surface area contributed by atoms with E-state index in [9.17, 15) is 0 Å². The van der Waals surface area contributed by atoms with E-state index in [1.807, 2.05) is 0 Å². The summed E-state index contributed by atoms with van der Waals surface area (Å²) in [6.07, 6.45) is 1.06. The Balaban J connectivity index is 2.07. The highest BCUT2D eigenvalue weighted by Gasteiger charge is 2.36. The fraction of sp³-hybridized carbons (Fsp3) is 0.400. The zero-order valence-electron chi connectivity index (χ0n) is 14.0. The average Bonchev–Trinajstić information content (AvgIpc) is 2.53. The highest BCUT2D eigenvalue weighted by atomic mass is 16.5. The van der Waals surface area contributed by atoms with Crippen molar-refractivity contribution in [3.05, 3.63) is 59.7 Å². The van der Waals surface area contributed by atoms with Gasteiger partial charge in [0.25, 0.3) is 0 Å². The molecule has 0 amide bonds. The van der Waals surface area contributed by atoms with Crippen LogP contribution in [0.15, 0.2) is 48.5 Å². The number of para-hydroxylation sites is 1. The Morgan fingerprint density at radius 2 is 1.77 bits per heavy atom. The molecule has 0 N–H and O–H groups in total. The van der Waals surface area contributed by atoms with E-state index in [0.29, 0.717) is 6.04 Å². The van der Waals surface area contributed by atoms with Crippen molar-refractivity contribution in [3.63, 3.8) is 0 Å². The first-order valence-corrected chi connectivity index (χ1v) is 7.99. The summed E-state index contributed by atoms with van der Waals surface area (Å²) >= 11 is 0. The first-order chi connectivity index (χ1) is 10.5. The van der Waals surface area contributed by atoms with E-state index in [-0.39, 0.29) is 5.41 Å². The van der Waals surface area contributed by atoms with Gasteiger partial charge in [-0.1, -0.05) is 45.0 Å². The summed E-state index contributed by atoms with van der Waals surface area (Å²) in [5.74, 6) is 0.958. The van der Waals surface area contributed by atoms with Gasteiger partial charge in [-0.05, 0) is 47.2 Å². The van der Waals surface area contributed by atoms with Gasteiger partial charge in [0.1, 0.15) is 5.75 Å². The molecule has 0 aliphatic carbocycles. The van der Waals surface area contributed by atoms with E-state index in [1.54, 1.807) is 7.11 Å². The van der Waals surface area contributed by atoms with Gasteiger partial charge in [-0.25, -0.2) is 0 Å². The molecule has 3 rings (SSSR count). The standard InChI is InChI=1S/C20H25NO/c1-20(2,3)19-18-11-10-17(22-4)14-15(18)12-13-21(19)16-8-6-5-7-9-16/h5-11,14,19H,12-13H2,1-4H3. The van der Waals surface area contributed by atoms with Crippen LogP contribution in [-0.2, 0) is 6.42 Å². The normalized spacial score (nSPS) is 18.0. The number of hydrogen-bond donors (Lipinski definition) is 0. The molecule has 1 atom stereocenters. The predicted octanol–water partition coefficient (Wildman–Crippen LogP) is 4.85. The van der Waals surface area contributed by atoms with Gasteiger partial charge in [-0.3, -0.25) is 0 Å². The highest BCUT2D eigenvalue weighted by molar-refractivity contribution is 5.53. The summed E-state index contributed by atoms with van der Waals surface area (Å²) in [4.78, 5) is 2.55. The van der Waals surface area contributed by atoms with Crippen molar-refractivity contribution in [1.82, 2.24) is 0 Å². The minimum Gasteiger partial charge on any atom is -0.497 e. The molecule has 0 aromatic heterocycles. The maximum Gasteiger partial charge on any atom is 0.119 e. The van der Waals surface area contributed by atoms with Crippen molar-refractivity contribution in [2.45, 2.75) is 33.2 Å². The molecule has 0 saturated heterocycles. The van der Waals surface area contributed by atoms with E-state index in [2.05, 4.69) is 74.2 Å². The molecule has 0 bridgehead atoms. The van der Waals surface area contributed by atoms with Crippen molar-refractivity contribution in [3.8, 4) is 5.75 Å². The second kappa shape index (κ2) is 5.68. The molecule has 0 fully saturated rings. The van der Waals surface area contributed by atoms with Crippen molar-refractivity contribution in [2.24, 2.45) is 5.41 Å². The Labute approximate surface area is 133 Å². The molecule has 0 spiro atoms. The molecule has 2 nitrogen and oxygen atoms in total. The van der Waals surface area contributed by atoms with Gasteiger partial charge in [0.05, 0.1) is 13.2 Å². The zero-order valence-corrected chi connectivity index (χ0v) is 14.0. The second-order valence-electron chi connectivity index (χ2n) is 7.11. The van der Waals surface area contributed by atoms with Gasteiger partial charge in [0.15, 0.2) is 0 Å². The molecular weight excluding hydrogens is 270 g/mol. The van der Waals surface area contributed by atoms with E-state index in [4.69, 9.17) is 4.74 Å². The lowest BCUT2D eigenvalue weighted by Crippen LogP contribution is -2.42. The Kier molecular flexibility index (Phi) is 3.86. The number of benzene rings is 2. The van der Waals surface area contributed by atoms with Crippen LogP contribution in [0, 0.1) is 5.41 Å². The third kappa shape index (κ3) is 2.70. The van der Waals surface area contributed by atoms with Crippen molar-refractivity contribution < 1.29 is 4.74 Å². The number of anilines is 1. The zero-order chi connectivity index (χ0) is 15.7.